The summed E-state index contributed by atoms with van der Waals surface area (Å²) in [6.45, 7) is 4.83. The maximum Gasteiger partial charge on any atom is 0.108 e. The van der Waals surface area contributed by atoms with Crippen molar-refractivity contribution in [2.24, 2.45) is 5.92 Å². The van der Waals surface area contributed by atoms with Gasteiger partial charge in [-0.05, 0) is 59.4 Å². The highest BCUT2D eigenvalue weighted by atomic mass is 35.5. The van der Waals surface area contributed by atoms with Crippen molar-refractivity contribution in [2.75, 3.05) is 16.8 Å². The van der Waals surface area contributed by atoms with Crippen molar-refractivity contribution in [2.45, 2.75) is 19.3 Å². The predicted molar refractivity (Wildman–Crippen MR) is 129 cm³/mol. The van der Waals surface area contributed by atoms with Gasteiger partial charge in [0.25, 0.3) is 0 Å². The van der Waals surface area contributed by atoms with Crippen molar-refractivity contribution in [3.05, 3.63) is 89.6 Å². The molecule has 2 N–H and O–H groups in total. The molecule has 3 aromatic carbocycles. The Kier molecular flexibility index (Phi) is 4.84. The SMILES string of the molecule is C=C1CNc2cc(Cl)ccc2N1C(=N)C1CC=C(c2cccc3ccccc23)CC1. The summed E-state index contributed by atoms with van der Waals surface area (Å²) in [7, 11) is 0. The van der Waals surface area contributed by atoms with E-state index in [1.807, 2.05) is 23.1 Å². The van der Waals surface area contributed by atoms with Crippen molar-refractivity contribution in [1.29, 1.82) is 5.41 Å². The molecule has 1 aliphatic carbocycles. The van der Waals surface area contributed by atoms with Gasteiger partial charge in [0.05, 0.1) is 17.9 Å². The lowest BCUT2D eigenvalue weighted by Crippen LogP contribution is -2.40. The number of allylic oxidation sites excluding steroid dienone is 2. The van der Waals surface area contributed by atoms with Crippen LogP contribution in [0.5, 0.6) is 0 Å². The molecule has 0 saturated heterocycles. The van der Waals surface area contributed by atoms with Crippen LogP contribution < -0.4 is 10.2 Å². The molecule has 5 rings (SSSR count). The summed E-state index contributed by atoms with van der Waals surface area (Å²) >= 11 is 6.16. The van der Waals surface area contributed by atoms with Crippen LogP contribution in [-0.4, -0.2) is 12.4 Å². The molecule has 150 valence electrons. The lowest BCUT2D eigenvalue weighted by molar-refractivity contribution is 0.614. The molecule has 0 aromatic heterocycles. The van der Waals surface area contributed by atoms with Crippen LogP contribution in [-0.2, 0) is 0 Å². The van der Waals surface area contributed by atoms with Gasteiger partial charge in [-0.15, -0.1) is 0 Å². The number of fused-ring (bicyclic) bond motifs is 2. The Balaban J connectivity index is 1.41. The minimum absolute atomic E-state index is 0.183. The largest absolute Gasteiger partial charge is 0.378 e. The van der Waals surface area contributed by atoms with Crippen molar-refractivity contribution < 1.29 is 0 Å². The highest BCUT2D eigenvalue weighted by Crippen LogP contribution is 2.39. The molecule has 0 bridgehead atoms. The molecule has 2 aliphatic rings. The van der Waals surface area contributed by atoms with E-state index in [-0.39, 0.29) is 5.92 Å². The first-order valence-corrected chi connectivity index (χ1v) is 10.8. The van der Waals surface area contributed by atoms with E-state index in [9.17, 15) is 0 Å². The second-order valence-electron chi connectivity index (χ2n) is 8.03. The quantitative estimate of drug-likeness (QED) is 0.347. The Morgan fingerprint density at radius 2 is 1.93 bits per heavy atom. The third kappa shape index (κ3) is 3.29. The van der Waals surface area contributed by atoms with Crippen molar-refractivity contribution in [3.8, 4) is 0 Å². The van der Waals surface area contributed by atoms with Crippen LogP contribution in [0.4, 0.5) is 11.4 Å². The zero-order valence-corrected chi connectivity index (χ0v) is 17.5. The van der Waals surface area contributed by atoms with Gasteiger partial charge in [0, 0.05) is 16.6 Å². The van der Waals surface area contributed by atoms with E-state index in [1.54, 1.807) is 0 Å². The molecule has 3 aromatic rings. The number of nitrogens with one attached hydrogen (secondary N) is 2. The zero-order chi connectivity index (χ0) is 20.7. The third-order valence-corrected chi connectivity index (χ3v) is 6.41. The van der Waals surface area contributed by atoms with E-state index in [4.69, 9.17) is 17.0 Å². The first-order chi connectivity index (χ1) is 14.6. The maximum atomic E-state index is 8.97. The topological polar surface area (TPSA) is 39.1 Å². The van der Waals surface area contributed by atoms with Crippen LogP contribution in [0, 0.1) is 11.3 Å². The first-order valence-electron chi connectivity index (χ1n) is 10.4. The third-order valence-electron chi connectivity index (χ3n) is 6.17. The normalized spacial score (nSPS) is 18.6. The van der Waals surface area contributed by atoms with Crippen molar-refractivity contribution >= 4 is 45.2 Å². The molecule has 1 aliphatic heterocycles. The molecule has 0 spiro atoms. The number of anilines is 2. The standard InChI is InChI=1S/C26H24ClN3/c1-17-16-29-24-15-21(27)13-14-25(24)30(17)26(28)20-11-9-19(10-12-20)23-8-4-6-18-5-2-3-7-22(18)23/h2-9,13-15,20,28-29H,1,10-12,16H2. The average Bonchev–Trinajstić information content (AvgIpc) is 2.78. The van der Waals surface area contributed by atoms with E-state index in [0.29, 0.717) is 17.4 Å². The van der Waals surface area contributed by atoms with Gasteiger partial charge >= 0.3 is 0 Å². The lowest BCUT2D eigenvalue weighted by atomic mass is 9.84. The monoisotopic (exact) mass is 413 g/mol. The molecule has 0 fully saturated rings. The number of rotatable bonds is 2. The number of benzene rings is 3. The first kappa shape index (κ1) is 19.0. The summed E-state index contributed by atoms with van der Waals surface area (Å²) in [5.41, 5.74) is 5.54. The molecule has 1 unspecified atom stereocenters. The van der Waals surface area contributed by atoms with Crippen LogP contribution >= 0.6 is 11.6 Å². The summed E-state index contributed by atoms with van der Waals surface area (Å²) in [6, 6.07) is 20.9. The summed E-state index contributed by atoms with van der Waals surface area (Å²) < 4.78 is 0. The molecule has 0 saturated carbocycles. The number of hydrogen-bond donors (Lipinski definition) is 2. The van der Waals surface area contributed by atoms with E-state index in [0.717, 1.165) is 36.3 Å². The Morgan fingerprint density at radius 1 is 1.10 bits per heavy atom. The van der Waals surface area contributed by atoms with Crippen LogP contribution in [0.1, 0.15) is 24.8 Å². The van der Waals surface area contributed by atoms with Gasteiger partial charge in [0.1, 0.15) is 5.84 Å². The highest BCUT2D eigenvalue weighted by Gasteiger charge is 2.29. The fourth-order valence-corrected chi connectivity index (χ4v) is 4.78. The molecule has 0 amide bonds. The smallest absolute Gasteiger partial charge is 0.108 e. The molecule has 4 heteroatoms. The van der Waals surface area contributed by atoms with Gasteiger partial charge in [-0.1, -0.05) is 66.7 Å². The van der Waals surface area contributed by atoms with Crippen molar-refractivity contribution in [1.82, 2.24) is 0 Å². The summed E-state index contributed by atoms with van der Waals surface area (Å²) in [6.07, 6.45) is 5.15. The molecule has 0 radical (unpaired) electrons. The lowest BCUT2D eigenvalue weighted by Gasteiger charge is -2.37. The molecule has 3 nitrogen and oxygen atoms in total. The van der Waals surface area contributed by atoms with Gasteiger partial charge in [-0.2, -0.15) is 0 Å². The van der Waals surface area contributed by atoms with Gasteiger partial charge in [-0.25, -0.2) is 0 Å². The van der Waals surface area contributed by atoms with E-state index >= 15 is 0 Å². The predicted octanol–water partition coefficient (Wildman–Crippen LogP) is 7.10. The minimum atomic E-state index is 0.183. The van der Waals surface area contributed by atoms with E-state index < -0.39 is 0 Å². The number of hydrogen-bond acceptors (Lipinski definition) is 2. The number of halogens is 1. The van der Waals surface area contributed by atoms with Gasteiger partial charge < -0.3 is 5.32 Å². The number of nitrogens with zero attached hydrogens (tertiary/aromatic N) is 1. The Labute approximate surface area is 182 Å². The fraction of sp³-hybridized carbons (Fsp3) is 0.192. The summed E-state index contributed by atoms with van der Waals surface area (Å²) in [5, 5.41) is 15.6. The molecular formula is C26H24ClN3. The summed E-state index contributed by atoms with van der Waals surface area (Å²) in [4.78, 5) is 2.00. The van der Waals surface area contributed by atoms with Crippen LogP contribution in [0.15, 0.2) is 79.0 Å². The summed E-state index contributed by atoms with van der Waals surface area (Å²) in [5.74, 6) is 0.806. The van der Waals surface area contributed by atoms with Gasteiger partial charge in [-0.3, -0.25) is 10.3 Å². The minimum Gasteiger partial charge on any atom is -0.378 e. The molecule has 1 atom stereocenters. The second kappa shape index (κ2) is 7.66. The maximum absolute atomic E-state index is 8.97. The molecule has 30 heavy (non-hydrogen) atoms. The second-order valence-corrected chi connectivity index (χ2v) is 8.47. The fourth-order valence-electron chi connectivity index (χ4n) is 4.61. The van der Waals surface area contributed by atoms with Crippen molar-refractivity contribution in [3.63, 3.8) is 0 Å². The van der Waals surface area contributed by atoms with Gasteiger partial charge in [0.15, 0.2) is 0 Å². The number of amidine groups is 1. The van der Waals surface area contributed by atoms with Crippen LogP contribution in [0.25, 0.3) is 16.3 Å². The molecular weight excluding hydrogens is 390 g/mol. The Bertz CT molecular complexity index is 1190. The van der Waals surface area contributed by atoms with E-state index in [2.05, 4.69) is 60.4 Å². The van der Waals surface area contributed by atoms with E-state index in [1.165, 1.54) is 21.9 Å². The molecule has 1 heterocycles. The zero-order valence-electron chi connectivity index (χ0n) is 16.8. The van der Waals surface area contributed by atoms with Crippen LogP contribution in [0.3, 0.4) is 0 Å². The highest BCUT2D eigenvalue weighted by molar-refractivity contribution is 6.31. The van der Waals surface area contributed by atoms with Gasteiger partial charge in [0.2, 0.25) is 0 Å². The Morgan fingerprint density at radius 3 is 2.77 bits per heavy atom. The van der Waals surface area contributed by atoms with Crippen LogP contribution in [0.2, 0.25) is 5.02 Å². The average molecular weight is 414 g/mol. The Hall–Kier alpha value is -3.04.